The van der Waals surface area contributed by atoms with Crippen LogP contribution in [0.2, 0.25) is 0 Å². The summed E-state index contributed by atoms with van der Waals surface area (Å²) >= 11 is 0. The molecule has 0 unspecified atom stereocenters. The molecule has 1 aliphatic rings. The van der Waals surface area contributed by atoms with Gasteiger partial charge in [-0.05, 0) is 48.0 Å². The Bertz CT molecular complexity index is 935. The van der Waals surface area contributed by atoms with Crippen molar-refractivity contribution < 1.29 is 34.8 Å². The lowest BCUT2D eigenvalue weighted by Crippen LogP contribution is -2.54. The third kappa shape index (κ3) is 3.72. The van der Waals surface area contributed by atoms with E-state index in [1.807, 2.05) is 0 Å². The normalized spacial score (nSPS) is 15.4. The molecule has 2 aromatic carbocycles. The first kappa shape index (κ1) is 19.5. The molecular formula is C18H16N2O7. The number of rotatable bonds is 3. The van der Waals surface area contributed by atoms with Crippen LogP contribution in [0.4, 0.5) is 10.5 Å². The maximum atomic E-state index is 12.7. The fourth-order valence-electron chi connectivity index (χ4n) is 2.42. The summed E-state index contributed by atoms with van der Waals surface area (Å²) < 4.78 is 5.03. The number of anilines is 1. The molecule has 3 rings (SSSR count). The molecule has 0 aromatic heterocycles. The second kappa shape index (κ2) is 7.58. The summed E-state index contributed by atoms with van der Waals surface area (Å²) in [5.41, 5.74) is 0.286. The minimum absolute atomic E-state index is 0. The maximum absolute atomic E-state index is 12.7. The highest BCUT2D eigenvalue weighted by atomic mass is 16.5. The van der Waals surface area contributed by atoms with E-state index in [0.29, 0.717) is 11.3 Å². The molecule has 1 fully saturated rings. The fourth-order valence-corrected chi connectivity index (χ4v) is 2.42. The van der Waals surface area contributed by atoms with Crippen molar-refractivity contribution in [3.63, 3.8) is 0 Å². The summed E-state index contributed by atoms with van der Waals surface area (Å²) in [6.45, 7) is 0. The molecule has 0 atom stereocenters. The Kier molecular flexibility index (Phi) is 5.47. The third-order valence-corrected chi connectivity index (χ3v) is 3.74. The molecule has 140 valence electrons. The molecule has 1 saturated heterocycles. The van der Waals surface area contributed by atoms with Gasteiger partial charge in [-0.15, -0.1) is 0 Å². The number of urea groups is 1. The highest BCUT2D eigenvalue weighted by Crippen LogP contribution is 2.28. The first-order valence-electron chi connectivity index (χ1n) is 7.48. The highest BCUT2D eigenvalue weighted by Gasteiger charge is 2.36. The van der Waals surface area contributed by atoms with Crippen LogP contribution in [0.25, 0.3) is 6.08 Å². The summed E-state index contributed by atoms with van der Waals surface area (Å²) in [6, 6.07) is 9.14. The van der Waals surface area contributed by atoms with E-state index in [1.165, 1.54) is 43.5 Å². The summed E-state index contributed by atoms with van der Waals surface area (Å²) in [5, 5.41) is 21.0. The van der Waals surface area contributed by atoms with Gasteiger partial charge in [0, 0.05) is 0 Å². The number of carbonyl (C=O) groups is 3. The van der Waals surface area contributed by atoms with Gasteiger partial charge in [0.15, 0.2) is 11.5 Å². The van der Waals surface area contributed by atoms with E-state index in [4.69, 9.17) is 4.74 Å². The zero-order valence-corrected chi connectivity index (χ0v) is 14.1. The van der Waals surface area contributed by atoms with Crippen molar-refractivity contribution in [3.05, 3.63) is 53.6 Å². The monoisotopic (exact) mass is 372 g/mol. The number of ether oxygens (including phenoxy) is 1. The number of imide groups is 2. The molecule has 9 heteroatoms. The van der Waals surface area contributed by atoms with Gasteiger partial charge in [-0.3, -0.25) is 14.9 Å². The Hall–Kier alpha value is -3.85. The number of methoxy groups -OCH3 is 1. The number of hydrogen-bond donors (Lipinski definition) is 3. The molecule has 0 spiro atoms. The predicted molar refractivity (Wildman–Crippen MR) is 95.4 cm³/mol. The van der Waals surface area contributed by atoms with Gasteiger partial charge in [0.05, 0.1) is 12.8 Å². The fraction of sp³-hybridized carbons (Fsp3) is 0.0556. The molecule has 2 aromatic rings. The number of phenols is 2. The Morgan fingerprint density at radius 3 is 2.26 bits per heavy atom. The molecule has 4 amide bonds. The number of aromatic hydroxyl groups is 2. The van der Waals surface area contributed by atoms with Crippen molar-refractivity contribution in [2.45, 2.75) is 0 Å². The minimum atomic E-state index is -0.865. The van der Waals surface area contributed by atoms with E-state index >= 15 is 0 Å². The SMILES string of the molecule is COc1ccc(N2C(=O)NC(=O)/C(=C\c3ccc(O)c(O)c3)C2=O)cc1.O. The summed E-state index contributed by atoms with van der Waals surface area (Å²) in [6.07, 6.45) is 1.22. The topological polar surface area (TPSA) is 148 Å². The lowest BCUT2D eigenvalue weighted by atomic mass is 10.1. The number of phenolic OH excluding ortho intramolecular Hbond substituents is 2. The van der Waals surface area contributed by atoms with Gasteiger partial charge < -0.3 is 20.4 Å². The summed E-state index contributed by atoms with van der Waals surface area (Å²) in [4.78, 5) is 37.7. The van der Waals surface area contributed by atoms with Gasteiger partial charge in [-0.2, -0.15) is 0 Å². The molecule has 9 nitrogen and oxygen atoms in total. The van der Waals surface area contributed by atoms with Crippen LogP contribution in [-0.4, -0.2) is 40.6 Å². The largest absolute Gasteiger partial charge is 0.504 e. The average Bonchev–Trinajstić information content (AvgIpc) is 2.62. The molecule has 1 heterocycles. The number of nitrogens with zero attached hydrogens (tertiary/aromatic N) is 1. The van der Waals surface area contributed by atoms with Crippen LogP contribution in [0.15, 0.2) is 48.0 Å². The van der Waals surface area contributed by atoms with E-state index < -0.39 is 23.6 Å². The molecular weight excluding hydrogens is 356 g/mol. The van der Waals surface area contributed by atoms with E-state index in [2.05, 4.69) is 5.32 Å². The van der Waals surface area contributed by atoms with E-state index in [1.54, 1.807) is 12.1 Å². The second-order valence-electron chi connectivity index (χ2n) is 5.40. The zero-order chi connectivity index (χ0) is 18.8. The number of hydrogen-bond acceptors (Lipinski definition) is 6. The Balaban J connectivity index is 0.00000261. The zero-order valence-electron chi connectivity index (χ0n) is 14.1. The quantitative estimate of drug-likeness (QED) is 0.415. The van der Waals surface area contributed by atoms with Gasteiger partial charge in [0.25, 0.3) is 11.8 Å². The van der Waals surface area contributed by atoms with Gasteiger partial charge in [0.1, 0.15) is 11.3 Å². The molecule has 27 heavy (non-hydrogen) atoms. The van der Waals surface area contributed by atoms with Gasteiger partial charge in [0.2, 0.25) is 0 Å². The van der Waals surface area contributed by atoms with Crippen LogP contribution >= 0.6 is 0 Å². The number of carbonyl (C=O) groups excluding carboxylic acids is 3. The van der Waals surface area contributed by atoms with Crippen molar-refractivity contribution >= 4 is 29.6 Å². The van der Waals surface area contributed by atoms with Gasteiger partial charge >= 0.3 is 6.03 Å². The van der Waals surface area contributed by atoms with E-state index in [0.717, 1.165) is 4.90 Å². The molecule has 0 aliphatic carbocycles. The molecule has 0 radical (unpaired) electrons. The van der Waals surface area contributed by atoms with Crippen molar-refractivity contribution in [2.24, 2.45) is 0 Å². The van der Waals surface area contributed by atoms with Crippen LogP contribution < -0.4 is 15.0 Å². The first-order valence-corrected chi connectivity index (χ1v) is 7.48. The van der Waals surface area contributed by atoms with E-state index in [-0.39, 0.29) is 22.5 Å². The number of barbiturate groups is 1. The smallest absolute Gasteiger partial charge is 0.335 e. The van der Waals surface area contributed by atoms with Crippen LogP contribution in [0.3, 0.4) is 0 Å². The van der Waals surface area contributed by atoms with Gasteiger partial charge in [-0.1, -0.05) is 6.07 Å². The van der Waals surface area contributed by atoms with Crippen molar-refractivity contribution in [1.29, 1.82) is 0 Å². The lowest BCUT2D eigenvalue weighted by molar-refractivity contribution is -0.122. The Morgan fingerprint density at radius 1 is 1.00 bits per heavy atom. The Labute approximate surface area is 153 Å². The van der Waals surface area contributed by atoms with Crippen LogP contribution in [0.1, 0.15) is 5.56 Å². The standard InChI is InChI=1S/C18H14N2O6.H2O/c1-26-12-5-3-11(4-6-12)20-17(24)13(16(23)19-18(20)25)8-10-2-7-14(21)15(22)9-10;/h2-9,21-22H,1H3,(H,19,23,25);1H2/b13-8+;. The van der Waals surface area contributed by atoms with Gasteiger partial charge in [-0.25, -0.2) is 9.69 Å². The highest BCUT2D eigenvalue weighted by molar-refractivity contribution is 6.39. The molecule has 0 bridgehead atoms. The molecule has 5 N–H and O–H groups in total. The first-order chi connectivity index (χ1) is 12.4. The number of benzene rings is 2. The average molecular weight is 372 g/mol. The van der Waals surface area contributed by atoms with E-state index in [9.17, 15) is 24.6 Å². The maximum Gasteiger partial charge on any atom is 0.335 e. The van der Waals surface area contributed by atoms with Crippen molar-refractivity contribution in [1.82, 2.24) is 5.32 Å². The second-order valence-corrected chi connectivity index (χ2v) is 5.40. The lowest BCUT2D eigenvalue weighted by Gasteiger charge is -2.26. The van der Waals surface area contributed by atoms with Crippen LogP contribution in [0.5, 0.6) is 17.2 Å². The van der Waals surface area contributed by atoms with Crippen molar-refractivity contribution in [3.8, 4) is 17.2 Å². The van der Waals surface area contributed by atoms with Crippen molar-refractivity contribution in [2.75, 3.05) is 12.0 Å². The van der Waals surface area contributed by atoms with Crippen LogP contribution in [-0.2, 0) is 9.59 Å². The third-order valence-electron chi connectivity index (χ3n) is 3.74. The summed E-state index contributed by atoms with van der Waals surface area (Å²) in [7, 11) is 1.49. The summed E-state index contributed by atoms with van der Waals surface area (Å²) in [5.74, 6) is -1.84. The number of nitrogens with one attached hydrogen (secondary N) is 1. The minimum Gasteiger partial charge on any atom is -0.504 e. The molecule has 0 saturated carbocycles. The molecule has 1 aliphatic heterocycles. The van der Waals surface area contributed by atoms with Crippen LogP contribution in [0, 0.1) is 0 Å². The number of amides is 4. The Morgan fingerprint density at radius 2 is 1.67 bits per heavy atom. The predicted octanol–water partition coefficient (Wildman–Crippen LogP) is 0.948.